The fraction of sp³-hybridized carbons (Fsp3) is 0.562. The second kappa shape index (κ2) is 6.20. The zero-order valence-corrected chi connectivity index (χ0v) is 11.8. The molecule has 1 N–H and O–H groups in total. The van der Waals surface area contributed by atoms with E-state index in [1.165, 1.54) is 5.56 Å². The van der Waals surface area contributed by atoms with Crippen LogP contribution in [-0.4, -0.2) is 35.6 Å². The van der Waals surface area contributed by atoms with Gasteiger partial charge < -0.3 is 10.0 Å². The average Bonchev–Trinajstić information content (AvgIpc) is 2.46. The Morgan fingerprint density at radius 3 is 2.32 bits per heavy atom. The number of hydrogen-bond donors (Lipinski definition) is 1. The van der Waals surface area contributed by atoms with Gasteiger partial charge in [-0.15, -0.1) is 0 Å². The fourth-order valence-electron chi connectivity index (χ4n) is 2.78. The van der Waals surface area contributed by atoms with Gasteiger partial charge in [0.05, 0.1) is 0 Å². The molecule has 0 saturated heterocycles. The van der Waals surface area contributed by atoms with Gasteiger partial charge in [-0.2, -0.15) is 0 Å². The standard InChI is InChI=1S/C16H23NO2/c1-12-3-7-14(8-4-12)16(19)17(2)15-9-5-13(11-18)6-10-15/h3-4,7-8,13,15,18H,5-6,9-11H2,1-2H3. The molecule has 1 fully saturated rings. The van der Waals surface area contributed by atoms with Crippen molar-refractivity contribution in [3.05, 3.63) is 35.4 Å². The smallest absolute Gasteiger partial charge is 0.253 e. The maximum atomic E-state index is 12.4. The zero-order chi connectivity index (χ0) is 13.8. The fourth-order valence-corrected chi connectivity index (χ4v) is 2.78. The Labute approximate surface area is 115 Å². The van der Waals surface area contributed by atoms with Crippen LogP contribution in [0, 0.1) is 12.8 Å². The van der Waals surface area contributed by atoms with Crippen molar-refractivity contribution in [3.8, 4) is 0 Å². The minimum atomic E-state index is 0.104. The average molecular weight is 261 g/mol. The van der Waals surface area contributed by atoms with Crippen molar-refractivity contribution in [2.24, 2.45) is 5.92 Å². The number of aliphatic hydroxyl groups is 1. The lowest BCUT2D eigenvalue weighted by atomic mass is 9.86. The summed E-state index contributed by atoms with van der Waals surface area (Å²) in [6.45, 7) is 2.30. The third kappa shape index (κ3) is 3.35. The Morgan fingerprint density at radius 2 is 1.79 bits per heavy atom. The number of amides is 1. The molecule has 0 unspecified atom stereocenters. The molecule has 3 heteroatoms. The summed E-state index contributed by atoms with van der Waals surface area (Å²) >= 11 is 0. The molecule has 1 amide bonds. The third-order valence-corrected chi connectivity index (χ3v) is 4.24. The van der Waals surface area contributed by atoms with Crippen molar-refractivity contribution in [3.63, 3.8) is 0 Å². The van der Waals surface area contributed by atoms with Crippen LogP contribution in [0.2, 0.25) is 0 Å². The quantitative estimate of drug-likeness (QED) is 0.908. The van der Waals surface area contributed by atoms with Gasteiger partial charge in [0.15, 0.2) is 0 Å². The molecule has 0 heterocycles. The van der Waals surface area contributed by atoms with Gasteiger partial charge in [0.1, 0.15) is 0 Å². The molecule has 1 aliphatic carbocycles. The molecule has 1 aromatic rings. The number of benzene rings is 1. The van der Waals surface area contributed by atoms with Gasteiger partial charge in [-0.25, -0.2) is 0 Å². The van der Waals surface area contributed by atoms with Crippen molar-refractivity contribution in [1.29, 1.82) is 0 Å². The highest BCUT2D eigenvalue weighted by atomic mass is 16.3. The molecule has 19 heavy (non-hydrogen) atoms. The van der Waals surface area contributed by atoms with E-state index in [-0.39, 0.29) is 12.5 Å². The van der Waals surface area contributed by atoms with Gasteiger partial charge in [-0.05, 0) is 50.7 Å². The second-order valence-corrected chi connectivity index (χ2v) is 5.64. The van der Waals surface area contributed by atoms with E-state index in [0.29, 0.717) is 12.0 Å². The summed E-state index contributed by atoms with van der Waals surface area (Å²) in [6.07, 6.45) is 4.04. The van der Waals surface area contributed by atoms with Crippen LogP contribution in [0.3, 0.4) is 0 Å². The molecular formula is C16H23NO2. The van der Waals surface area contributed by atoms with Crippen molar-refractivity contribution in [2.45, 2.75) is 38.6 Å². The Morgan fingerprint density at radius 1 is 1.21 bits per heavy atom. The van der Waals surface area contributed by atoms with E-state index in [1.807, 2.05) is 43.1 Å². The van der Waals surface area contributed by atoms with Crippen molar-refractivity contribution >= 4 is 5.91 Å². The molecule has 0 radical (unpaired) electrons. The van der Waals surface area contributed by atoms with E-state index in [9.17, 15) is 4.79 Å². The molecule has 0 aliphatic heterocycles. The highest BCUT2D eigenvalue weighted by Crippen LogP contribution is 2.27. The van der Waals surface area contributed by atoms with Crippen LogP contribution in [0.25, 0.3) is 0 Å². The van der Waals surface area contributed by atoms with Crippen molar-refractivity contribution in [2.75, 3.05) is 13.7 Å². The Balaban J connectivity index is 1.98. The lowest BCUT2D eigenvalue weighted by Gasteiger charge is -2.34. The monoisotopic (exact) mass is 261 g/mol. The van der Waals surface area contributed by atoms with Crippen LogP contribution < -0.4 is 0 Å². The summed E-state index contributed by atoms with van der Waals surface area (Å²) in [4.78, 5) is 14.3. The second-order valence-electron chi connectivity index (χ2n) is 5.64. The van der Waals surface area contributed by atoms with E-state index in [1.54, 1.807) is 0 Å². The molecule has 0 atom stereocenters. The van der Waals surface area contributed by atoms with E-state index in [2.05, 4.69) is 0 Å². The number of aliphatic hydroxyl groups excluding tert-OH is 1. The first-order valence-electron chi connectivity index (χ1n) is 7.06. The van der Waals surface area contributed by atoms with Crippen LogP contribution in [0.5, 0.6) is 0 Å². The van der Waals surface area contributed by atoms with Crippen LogP contribution in [0.15, 0.2) is 24.3 Å². The highest BCUT2D eigenvalue weighted by molar-refractivity contribution is 5.94. The topological polar surface area (TPSA) is 40.5 Å². The van der Waals surface area contributed by atoms with Crippen LogP contribution >= 0.6 is 0 Å². The summed E-state index contributed by atoms with van der Waals surface area (Å²) in [5.74, 6) is 0.534. The maximum Gasteiger partial charge on any atom is 0.253 e. The van der Waals surface area contributed by atoms with E-state index < -0.39 is 0 Å². The van der Waals surface area contributed by atoms with Crippen LogP contribution in [-0.2, 0) is 0 Å². The molecule has 1 saturated carbocycles. The third-order valence-electron chi connectivity index (χ3n) is 4.24. The van der Waals surface area contributed by atoms with E-state index in [4.69, 9.17) is 5.11 Å². The van der Waals surface area contributed by atoms with Crippen LogP contribution in [0.1, 0.15) is 41.6 Å². The van der Waals surface area contributed by atoms with Gasteiger partial charge in [0.2, 0.25) is 0 Å². The lowest BCUT2D eigenvalue weighted by Crippen LogP contribution is -2.39. The Kier molecular flexibility index (Phi) is 4.59. The first kappa shape index (κ1) is 14.1. The van der Waals surface area contributed by atoms with E-state index in [0.717, 1.165) is 31.2 Å². The molecule has 0 bridgehead atoms. The minimum absolute atomic E-state index is 0.104. The van der Waals surface area contributed by atoms with Crippen molar-refractivity contribution < 1.29 is 9.90 Å². The summed E-state index contributed by atoms with van der Waals surface area (Å²) in [7, 11) is 1.89. The highest BCUT2D eigenvalue weighted by Gasteiger charge is 2.26. The largest absolute Gasteiger partial charge is 0.396 e. The van der Waals surface area contributed by atoms with Gasteiger partial charge in [-0.3, -0.25) is 4.79 Å². The zero-order valence-electron chi connectivity index (χ0n) is 11.8. The SMILES string of the molecule is Cc1ccc(C(=O)N(C)C2CCC(CO)CC2)cc1. The molecule has 1 aliphatic rings. The molecule has 2 rings (SSSR count). The molecule has 104 valence electrons. The number of carbonyl (C=O) groups is 1. The van der Waals surface area contributed by atoms with Crippen LogP contribution in [0.4, 0.5) is 0 Å². The number of rotatable bonds is 3. The predicted octanol–water partition coefficient (Wildman–Crippen LogP) is 2.62. The summed E-state index contributed by atoms with van der Waals surface area (Å²) in [5.41, 5.74) is 1.93. The number of aryl methyl sites for hydroxylation is 1. The molecule has 0 spiro atoms. The van der Waals surface area contributed by atoms with Gasteiger partial charge >= 0.3 is 0 Å². The molecule has 3 nitrogen and oxygen atoms in total. The lowest BCUT2D eigenvalue weighted by molar-refractivity contribution is 0.0653. The van der Waals surface area contributed by atoms with E-state index >= 15 is 0 Å². The number of nitrogens with zero attached hydrogens (tertiary/aromatic N) is 1. The van der Waals surface area contributed by atoms with Gasteiger partial charge in [-0.1, -0.05) is 17.7 Å². The first-order valence-corrected chi connectivity index (χ1v) is 7.06. The predicted molar refractivity (Wildman–Crippen MR) is 76.1 cm³/mol. The maximum absolute atomic E-state index is 12.4. The molecular weight excluding hydrogens is 238 g/mol. The summed E-state index contributed by atoms with van der Waals surface area (Å²) in [6, 6.07) is 8.06. The molecule has 1 aromatic carbocycles. The van der Waals surface area contributed by atoms with Crippen molar-refractivity contribution in [1.82, 2.24) is 4.90 Å². The number of carbonyl (C=O) groups excluding carboxylic acids is 1. The number of hydrogen-bond acceptors (Lipinski definition) is 2. The minimum Gasteiger partial charge on any atom is -0.396 e. The Hall–Kier alpha value is -1.35. The summed E-state index contributed by atoms with van der Waals surface area (Å²) < 4.78 is 0. The first-order chi connectivity index (χ1) is 9.11. The van der Waals surface area contributed by atoms with Gasteiger partial charge in [0, 0.05) is 25.3 Å². The molecule has 0 aromatic heterocycles. The normalized spacial score (nSPS) is 23.1. The van der Waals surface area contributed by atoms with Gasteiger partial charge in [0.25, 0.3) is 5.91 Å². The Bertz CT molecular complexity index is 419. The summed E-state index contributed by atoms with van der Waals surface area (Å²) in [5, 5.41) is 9.15.